The van der Waals surface area contributed by atoms with E-state index in [4.69, 9.17) is 5.73 Å². The average Bonchev–Trinajstić information content (AvgIpc) is 1.97. The molecule has 2 heteroatoms. The van der Waals surface area contributed by atoms with Crippen LogP contribution in [0.2, 0.25) is 0 Å². The minimum atomic E-state index is 0.990. The summed E-state index contributed by atoms with van der Waals surface area (Å²) in [4.78, 5) is 0. The minimum absolute atomic E-state index is 0.990. The summed E-state index contributed by atoms with van der Waals surface area (Å²) in [6.07, 6.45) is 7.32. The topological polar surface area (TPSA) is 26.0 Å². The molecule has 0 radical (unpaired) electrons. The molecule has 0 aromatic rings. The molecule has 1 rings (SSSR count). The summed E-state index contributed by atoms with van der Waals surface area (Å²) in [5.74, 6) is 0. The maximum Gasteiger partial charge on any atom is 0.00808 e. The van der Waals surface area contributed by atoms with E-state index in [2.05, 4.69) is 15.9 Å². The smallest absolute Gasteiger partial charge is 0.00808 e. The molecule has 0 aromatic carbocycles. The molecule has 0 unspecified atom stereocenters. The highest BCUT2D eigenvalue weighted by atomic mass is 79.9. The van der Waals surface area contributed by atoms with Gasteiger partial charge in [-0.25, -0.2) is 0 Å². The number of hydrogen-bond donors (Lipinski definition) is 1. The van der Waals surface area contributed by atoms with Crippen LogP contribution in [0, 0.1) is 0 Å². The average molecular weight is 188 g/mol. The molecule has 2 N–H and O–H groups in total. The first-order chi connectivity index (χ1) is 4.29. The third-order valence-corrected chi connectivity index (χ3v) is 2.02. The number of hydrogen-bond acceptors (Lipinski definition) is 1. The number of halogens is 1. The van der Waals surface area contributed by atoms with Crippen molar-refractivity contribution in [1.29, 1.82) is 0 Å². The lowest BCUT2D eigenvalue weighted by molar-refractivity contribution is 0.829. The fourth-order valence-corrected chi connectivity index (χ4v) is 1.24. The summed E-state index contributed by atoms with van der Waals surface area (Å²) < 4.78 is 1.25. The third-order valence-electron chi connectivity index (χ3n) is 1.36. The molecule has 0 aliphatic heterocycles. The first-order valence-electron chi connectivity index (χ1n) is 3.10. The first kappa shape index (κ1) is 6.87. The van der Waals surface area contributed by atoms with Crippen molar-refractivity contribution < 1.29 is 0 Å². The predicted octanol–water partition coefficient (Wildman–Crippen LogP) is 2.29. The second-order valence-corrected chi connectivity index (χ2v) is 3.23. The highest BCUT2D eigenvalue weighted by Gasteiger charge is 1.97. The highest BCUT2D eigenvalue weighted by Crippen LogP contribution is 2.19. The monoisotopic (exact) mass is 187 g/mol. The highest BCUT2D eigenvalue weighted by molar-refractivity contribution is 9.11. The molecule has 1 nitrogen and oxygen atoms in total. The number of rotatable bonds is 0. The molecule has 0 heterocycles. The molecule has 9 heavy (non-hydrogen) atoms. The Morgan fingerprint density at radius 3 is 2.89 bits per heavy atom. The Labute approximate surface area is 63.8 Å². The molecule has 0 saturated carbocycles. The molecular weight excluding hydrogens is 178 g/mol. The zero-order valence-corrected chi connectivity index (χ0v) is 6.82. The molecule has 0 fully saturated rings. The summed E-state index contributed by atoms with van der Waals surface area (Å²) in [5, 5.41) is 0. The van der Waals surface area contributed by atoms with Crippen molar-refractivity contribution in [2.24, 2.45) is 5.73 Å². The standard InChI is InChI=1S/C7H10BrN/c8-6-2-1-3-7(9)5-4-6/h4-5H,1-3,9H2. The van der Waals surface area contributed by atoms with Crippen LogP contribution in [0.4, 0.5) is 0 Å². The Morgan fingerprint density at radius 1 is 1.33 bits per heavy atom. The molecule has 1 aliphatic rings. The van der Waals surface area contributed by atoms with Gasteiger partial charge in [0, 0.05) is 5.70 Å². The van der Waals surface area contributed by atoms with Gasteiger partial charge in [0.25, 0.3) is 0 Å². The van der Waals surface area contributed by atoms with Crippen LogP contribution in [0.5, 0.6) is 0 Å². The second-order valence-electron chi connectivity index (χ2n) is 2.21. The van der Waals surface area contributed by atoms with Gasteiger partial charge in [0.05, 0.1) is 0 Å². The fourth-order valence-electron chi connectivity index (χ4n) is 0.826. The molecule has 0 spiro atoms. The Hall–Kier alpha value is -0.240. The number of allylic oxidation sites excluding steroid dienone is 4. The summed E-state index contributed by atoms with van der Waals surface area (Å²) in [6, 6.07) is 0. The van der Waals surface area contributed by atoms with Crippen molar-refractivity contribution in [3.05, 3.63) is 22.3 Å². The molecule has 0 saturated heterocycles. The Bertz CT molecular complexity index is 140. The van der Waals surface area contributed by atoms with E-state index in [0.29, 0.717) is 0 Å². The zero-order chi connectivity index (χ0) is 6.69. The van der Waals surface area contributed by atoms with Gasteiger partial charge >= 0.3 is 0 Å². The molecule has 0 atom stereocenters. The van der Waals surface area contributed by atoms with Gasteiger partial charge < -0.3 is 5.73 Å². The van der Waals surface area contributed by atoms with Gasteiger partial charge in [-0.3, -0.25) is 0 Å². The van der Waals surface area contributed by atoms with E-state index in [-0.39, 0.29) is 0 Å². The van der Waals surface area contributed by atoms with Crippen LogP contribution in [-0.2, 0) is 0 Å². The minimum Gasteiger partial charge on any atom is -0.402 e. The summed E-state index contributed by atoms with van der Waals surface area (Å²) in [5.41, 5.74) is 6.58. The summed E-state index contributed by atoms with van der Waals surface area (Å²) in [7, 11) is 0. The van der Waals surface area contributed by atoms with Crippen molar-refractivity contribution >= 4 is 15.9 Å². The van der Waals surface area contributed by atoms with Crippen molar-refractivity contribution in [1.82, 2.24) is 0 Å². The van der Waals surface area contributed by atoms with Gasteiger partial charge in [0.15, 0.2) is 0 Å². The maximum atomic E-state index is 5.59. The van der Waals surface area contributed by atoms with Crippen LogP contribution in [0.3, 0.4) is 0 Å². The van der Waals surface area contributed by atoms with Crippen LogP contribution in [-0.4, -0.2) is 0 Å². The fraction of sp³-hybridized carbons (Fsp3) is 0.429. The first-order valence-corrected chi connectivity index (χ1v) is 3.89. The van der Waals surface area contributed by atoms with Crippen molar-refractivity contribution in [2.75, 3.05) is 0 Å². The normalized spacial score (nSPS) is 20.1. The lowest BCUT2D eigenvalue weighted by Gasteiger charge is -1.93. The lowest BCUT2D eigenvalue weighted by Crippen LogP contribution is -1.94. The van der Waals surface area contributed by atoms with E-state index in [1.165, 1.54) is 10.9 Å². The van der Waals surface area contributed by atoms with Gasteiger partial charge in [-0.15, -0.1) is 0 Å². The van der Waals surface area contributed by atoms with E-state index < -0.39 is 0 Å². The van der Waals surface area contributed by atoms with E-state index >= 15 is 0 Å². The lowest BCUT2D eigenvalue weighted by atomic mass is 10.2. The van der Waals surface area contributed by atoms with Gasteiger partial charge in [-0.1, -0.05) is 22.0 Å². The summed E-state index contributed by atoms with van der Waals surface area (Å²) in [6.45, 7) is 0. The maximum absolute atomic E-state index is 5.59. The van der Waals surface area contributed by atoms with E-state index in [1.807, 2.05) is 12.2 Å². The SMILES string of the molecule is NC1=CC=C(Br)CCC1. The Kier molecular flexibility index (Phi) is 2.34. The van der Waals surface area contributed by atoms with Crippen molar-refractivity contribution in [3.63, 3.8) is 0 Å². The van der Waals surface area contributed by atoms with Gasteiger partial charge in [-0.2, -0.15) is 0 Å². The van der Waals surface area contributed by atoms with Crippen LogP contribution >= 0.6 is 15.9 Å². The zero-order valence-electron chi connectivity index (χ0n) is 5.23. The molecule has 0 aromatic heterocycles. The number of nitrogens with two attached hydrogens (primary N) is 1. The van der Waals surface area contributed by atoms with E-state index in [1.54, 1.807) is 0 Å². The predicted molar refractivity (Wildman–Crippen MR) is 43.1 cm³/mol. The van der Waals surface area contributed by atoms with Crippen molar-refractivity contribution in [2.45, 2.75) is 19.3 Å². The van der Waals surface area contributed by atoms with E-state index in [9.17, 15) is 0 Å². The van der Waals surface area contributed by atoms with Crippen molar-refractivity contribution in [3.8, 4) is 0 Å². The van der Waals surface area contributed by atoms with E-state index in [0.717, 1.165) is 18.5 Å². The Morgan fingerprint density at radius 2 is 2.11 bits per heavy atom. The van der Waals surface area contributed by atoms with Gasteiger partial charge in [0.2, 0.25) is 0 Å². The summed E-state index contributed by atoms with van der Waals surface area (Å²) >= 11 is 3.43. The van der Waals surface area contributed by atoms with Gasteiger partial charge in [0.1, 0.15) is 0 Å². The molecule has 0 bridgehead atoms. The largest absolute Gasteiger partial charge is 0.402 e. The van der Waals surface area contributed by atoms with Crippen LogP contribution in [0.15, 0.2) is 22.3 Å². The Balaban J connectivity index is 2.63. The van der Waals surface area contributed by atoms with Crippen LogP contribution in [0.1, 0.15) is 19.3 Å². The molecule has 1 aliphatic carbocycles. The quantitative estimate of drug-likeness (QED) is 0.620. The second kappa shape index (κ2) is 3.06. The van der Waals surface area contributed by atoms with Crippen LogP contribution in [0.25, 0.3) is 0 Å². The van der Waals surface area contributed by atoms with Gasteiger partial charge in [-0.05, 0) is 29.8 Å². The van der Waals surface area contributed by atoms with Crippen LogP contribution < -0.4 is 5.73 Å². The molecular formula is C7H10BrN. The third kappa shape index (κ3) is 2.22. The molecule has 50 valence electrons. The molecule has 0 amide bonds.